The van der Waals surface area contributed by atoms with Crippen LogP contribution in [0.25, 0.3) is 11.0 Å². The number of halogens is 1. The molecule has 0 saturated carbocycles. The standard InChI is InChI=1S/C19H20ClN3O/c1-2-15(13-7-9-14(20)10-8-13)23-19(24)12-11-18-21-16-5-3-4-6-17(16)22-18/h3-10,15H,2,11-12H2,1H3,(H,21,22)(H,23,24). The molecule has 0 aliphatic heterocycles. The maximum atomic E-state index is 12.3. The van der Waals surface area contributed by atoms with Gasteiger partial charge < -0.3 is 10.3 Å². The highest BCUT2D eigenvalue weighted by atomic mass is 35.5. The zero-order valence-electron chi connectivity index (χ0n) is 13.6. The van der Waals surface area contributed by atoms with Crippen LogP contribution < -0.4 is 5.32 Å². The van der Waals surface area contributed by atoms with E-state index in [1.807, 2.05) is 48.5 Å². The zero-order valence-corrected chi connectivity index (χ0v) is 14.3. The van der Waals surface area contributed by atoms with Crippen molar-refractivity contribution in [3.63, 3.8) is 0 Å². The summed E-state index contributed by atoms with van der Waals surface area (Å²) in [7, 11) is 0. The van der Waals surface area contributed by atoms with E-state index in [9.17, 15) is 4.79 Å². The van der Waals surface area contributed by atoms with Gasteiger partial charge in [0.25, 0.3) is 0 Å². The normalized spacial score (nSPS) is 12.2. The Labute approximate surface area is 146 Å². The fraction of sp³-hybridized carbons (Fsp3) is 0.263. The van der Waals surface area contributed by atoms with E-state index in [2.05, 4.69) is 22.2 Å². The summed E-state index contributed by atoms with van der Waals surface area (Å²) >= 11 is 5.92. The van der Waals surface area contributed by atoms with E-state index in [0.717, 1.165) is 28.8 Å². The Morgan fingerprint density at radius 3 is 2.67 bits per heavy atom. The number of nitrogens with zero attached hydrogens (tertiary/aromatic N) is 1. The predicted octanol–water partition coefficient (Wildman–Crippen LogP) is 4.42. The monoisotopic (exact) mass is 341 g/mol. The second-order valence-electron chi connectivity index (χ2n) is 5.78. The molecule has 3 aromatic rings. The van der Waals surface area contributed by atoms with E-state index < -0.39 is 0 Å². The minimum atomic E-state index is 0.00504. The molecule has 1 aromatic heterocycles. The van der Waals surface area contributed by atoms with Gasteiger partial charge in [-0.2, -0.15) is 0 Å². The number of nitrogens with one attached hydrogen (secondary N) is 2. The molecule has 1 unspecified atom stereocenters. The van der Waals surface area contributed by atoms with Gasteiger partial charge in [0, 0.05) is 17.9 Å². The van der Waals surface area contributed by atoms with Crippen molar-refractivity contribution in [2.75, 3.05) is 0 Å². The van der Waals surface area contributed by atoms with Crippen LogP contribution in [0.3, 0.4) is 0 Å². The molecule has 0 radical (unpaired) electrons. The van der Waals surface area contributed by atoms with Gasteiger partial charge in [0.05, 0.1) is 17.1 Å². The molecule has 1 heterocycles. The Bertz CT molecular complexity index is 793. The smallest absolute Gasteiger partial charge is 0.220 e. The van der Waals surface area contributed by atoms with Crippen LogP contribution in [0.4, 0.5) is 0 Å². The Hall–Kier alpha value is -2.33. The van der Waals surface area contributed by atoms with E-state index >= 15 is 0 Å². The first kappa shape index (κ1) is 16.5. The number of amides is 1. The van der Waals surface area contributed by atoms with Crippen LogP contribution in [0, 0.1) is 0 Å². The number of carbonyl (C=O) groups excluding carboxylic acids is 1. The lowest BCUT2D eigenvalue weighted by molar-refractivity contribution is -0.121. The van der Waals surface area contributed by atoms with E-state index in [1.165, 1.54) is 0 Å². The average Bonchev–Trinajstić information content (AvgIpc) is 3.02. The van der Waals surface area contributed by atoms with E-state index in [-0.39, 0.29) is 11.9 Å². The number of benzene rings is 2. The third kappa shape index (κ3) is 3.95. The first-order valence-corrected chi connectivity index (χ1v) is 8.52. The molecule has 2 N–H and O–H groups in total. The van der Waals surface area contributed by atoms with Gasteiger partial charge >= 0.3 is 0 Å². The molecule has 3 rings (SSSR count). The summed E-state index contributed by atoms with van der Waals surface area (Å²) in [6.07, 6.45) is 1.83. The van der Waals surface area contributed by atoms with Crippen molar-refractivity contribution in [3.05, 3.63) is 64.9 Å². The highest BCUT2D eigenvalue weighted by Gasteiger charge is 2.13. The van der Waals surface area contributed by atoms with Crippen LogP contribution in [0.2, 0.25) is 5.02 Å². The summed E-state index contributed by atoms with van der Waals surface area (Å²) < 4.78 is 0. The van der Waals surface area contributed by atoms with Gasteiger partial charge in [0.2, 0.25) is 5.91 Å². The van der Waals surface area contributed by atoms with Gasteiger partial charge in [0.1, 0.15) is 5.82 Å². The van der Waals surface area contributed by atoms with Crippen molar-refractivity contribution in [2.24, 2.45) is 0 Å². The number of aromatic nitrogens is 2. The van der Waals surface area contributed by atoms with Gasteiger partial charge in [-0.25, -0.2) is 4.98 Å². The summed E-state index contributed by atoms with van der Waals surface area (Å²) in [4.78, 5) is 20.0. The number of rotatable bonds is 6. The minimum absolute atomic E-state index is 0.00504. The maximum absolute atomic E-state index is 12.3. The third-order valence-electron chi connectivity index (χ3n) is 4.04. The summed E-state index contributed by atoms with van der Waals surface area (Å²) in [6, 6.07) is 15.5. The SMILES string of the molecule is CCC(NC(=O)CCc1nc2ccccc2[nH]1)c1ccc(Cl)cc1. The highest BCUT2D eigenvalue weighted by Crippen LogP contribution is 2.19. The number of aryl methyl sites for hydroxylation is 1. The number of fused-ring (bicyclic) bond motifs is 1. The summed E-state index contributed by atoms with van der Waals surface area (Å²) in [6.45, 7) is 2.05. The zero-order chi connectivity index (χ0) is 16.9. The molecule has 0 aliphatic carbocycles. The van der Waals surface area contributed by atoms with E-state index in [0.29, 0.717) is 17.9 Å². The lowest BCUT2D eigenvalue weighted by Crippen LogP contribution is -2.28. The molecule has 0 spiro atoms. The van der Waals surface area contributed by atoms with Crippen molar-refractivity contribution in [2.45, 2.75) is 32.2 Å². The Morgan fingerprint density at radius 2 is 1.96 bits per heavy atom. The topological polar surface area (TPSA) is 57.8 Å². The van der Waals surface area contributed by atoms with Crippen molar-refractivity contribution in [1.29, 1.82) is 0 Å². The van der Waals surface area contributed by atoms with Gasteiger partial charge in [0.15, 0.2) is 0 Å². The van der Waals surface area contributed by atoms with Gasteiger partial charge in [-0.1, -0.05) is 42.8 Å². The van der Waals surface area contributed by atoms with Crippen LogP contribution in [-0.4, -0.2) is 15.9 Å². The van der Waals surface area contributed by atoms with Gasteiger partial charge in [-0.3, -0.25) is 4.79 Å². The number of hydrogen-bond acceptors (Lipinski definition) is 2. The molecule has 4 nitrogen and oxygen atoms in total. The molecule has 5 heteroatoms. The average molecular weight is 342 g/mol. The number of imidazole rings is 1. The molecule has 0 saturated heterocycles. The lowest BCUT2D eigenvalue weighted by atomic mass is 10.0. The largest absolute Gasteiger partial charge is 0.349 e. The Morgan fingerprint density at radius 1 is 1.21 bits per heavy atom. The molecule has 24 heavy (non-hydrogen) atoms. The third-order valence-corrected chi connectivity index (χ3v) is 4.30. The van der Waals surface area contributed by atoms with Crippen LogP contribution in [0.5, 0.6) is 0 Å². The van der Waals surface area contributed by atoms with E-state index in [1.54, 1.807) is 0 Å². The lowest BCUT2D eigenvalue weighted by Gasteiger charge is -2.17. The fourth-order valence-corrected chi connectivity index (χ4v) is 2.86. The molecule has 0 bridgehead atoms. The number of aromatic amines is 1. The first-order valence-electron chi connectivity index (χ1n) is 8.14. The Balaban J connectivity index is 1.58. The van der Waals surface area contributed by atoms with Crippen LogP contribution in [0.15, 0.2) is 48.5 Å². The molecule has 0 fully saturated rings. The molecule has 2 aromatic carbocycles. The molecule has 0 aliphatic rings. The van der Waals surface area contributed by atoms with Crippen molar-refractivity contribution in [1.82, 2.24) is 15.3 Å². The Kier molecular flexibility index (Phi) is 5.16. The maximum Gasteiger partial charge on any atom is 0.220 e. The van der Waals surface area contributed by atoms with Gasteiger partial charge in [-0.15, -0.1) is 0 Å². The molecule has 1 atom stereocenters. The quantitative estimate of drug-likeness (QED) is 0.697. The summed E-state index contributed by atoms with van der Waals surface area (Å²) in [5.74, 6) is 0.864. The molecule has 1 amide bonds. The highest BCUT2D eigenvalue weighted by molar-refractivity contribution is 6.30. The van der Waals surface area contributed by atoms with Crippen molar-refractivity contribution >= 4 is 28.5 Å². The number of hydrogen-bond donors (Lipinski definition) is 2. The van der Waals surface area contributed by atoms with Crippen molar-refractivity contribution < 1.29 is 4.79 Å². The number of carbonyl (C=O) groups is 1. The predicted molar refractivity (Wildman–Crippen MR) is 97.0 cm³/mol. The summed E-state index contributed by atoms with van der Waals surface area (Å²) in [5, 5.41) is 3.78. The fourth-order valence-electron chi connectivity index (χ4n) is 2.74. The second kappa shape index (κ2) is 7.49. The van der Waals surface area contributed by atoms with E-state index in [4.69, 9.17) is 11.6 Å². The van der Waals surface area contributed by atoms with Crippen LogP contribution >= 0.6 is 11.6 Å². The second-order valence-corrected chi connectivity index (χ2v) is 6.22. The first-order chi connectivity index (χ1) is 11.7. The summed E-state index contributed by atoms with van der Waals surface area (Å²) in [5.41, 5.74) is 3.00. The number of H-pyrrole nitrogens is 1. The molecular formula is C19H20ClN3O. The van der Waals surface area contributed by atoms with Crippen LogP contribution in [0.1, 0.15) is 37.2 Å². The number of para-hydroxylation sites is 2. The van der Waals surface area contributed by atoms with Crippen molar-refractivity contribution in [3.8, 4) is 0 Å². The van der Waals surface area contributed by atoms with Crippen LogP contribution in [-0.2, 0) is 11.2 Å². The molecule has 124 valence electrons. The molecular weight excluding hydrogens is 322 g/mol. The minimum Gasteiger partial charge on any atom is -0.349 e. The van der Waals surface area contributed by atoms with Gasteiger partial charge in [-0.05, 0) is 36.2 Å².